The van der Waals surface area contributed by atoms with E-state index in [-0.39, 0.29) is 5.91 Å². The van der Waals surface area contributed by atoms with E-state index in [4.69, 9.17) is 11.5 Å². The Morgan fingerprint density at radius 3 is 3.00 bits per heavy atom. The van der Waals surface area contributed by atoms with E-state index in [0.717, 1.165) is 12.1 Å². The quantitative estimate of drug-likeness (QED) is 0.620. The number of carbonyl (C=O) groups excluding carboxylic acids is 2. The molecule has 0 unspecified atom stereocenters. The Morgan fingerprint density at radius 1 is 1.61 bits per heavy atom. The lowest BCUT2D eigenvalue weighted by molar-refractivity contribution is -0.138. The second-order valence-corrected chi connectivity index (χ2v) is 4.48. The highest BCUT2D eigenvalue weighted by Crippen LogP contribution is 2.18. The molecule has 1 aliphatic heterocycles. The van der Waals surface area contributed by atoms with Gasteiger partial charge in [-0.05, 0) is 12.8 Å². The molecule has 2 amide bonds. The van der Waals surface area contributed by atoms with Gasteiger partial charge in [0.1, 0.15) is 6.04 Å². The second kappa shape index (κ2) is 5.18. The van der Waals surface area contributed by atoms with Crippen LogP contribution in [0, 0.1) is 0 Å². The molecule has 7 nitrogen and oxygen atoms in total. The number of imidazole rings is 1. The summed E-state index contributed by atoms with van der Waals surface area (Å²) in [5.41, 5.74) is 11.9. The van der Waals surface area contributed by atoms with Crippen molar-refractivity contribution in [1.82, 2.24) is 14.9 Å². The highest BCUT2D eigenvalue weighted by atomic mass is 16.2. The molecule has 0 saturated carbocycles. The van der Waals surface area contributed by atoms with E-state index in [1.165, 1.54) is 11.2 Å². The number of hydrogen-bond acceptors (Lipinski definition) is 4. The number of nitrogens with zero attached hydrogens (tertiary/aromatic N) is 2. The predicted molar refractivity (Wildman–Crippen MR) is 64.2 cm³/mol. The zero-order valence-electron chi connectivity index (χ0n) is 10.0. The van der Waals surface area contributed by atoms with Gasteiger partial charge < -0.3 is 21.4 Å². The topological polar surface area (TPSA) is 118 Å². The van der Waals surface area contributed by atoms with Crippen LogP contribution in [0.25, 0.3) is 0 Å². The van der Waals surface area contributed by atoms with Gasteiger partial charge in [0.05, 0.1) is 12.4 Å². The number of nitrogens with two attached hydrogens (primary N) is 2. The van der Waals surface area contributed by atoms with Gasteiger partial charge in [-0.2, -0.15) is 0 Å². The van der Waals surface area contributed by atoms with Crippen LogP contribution in [0.3, 0.4) is 0 Å². The summed E-state index contributed by atoms with van der Waals surface area (Å²) in [5, 5.41) is 0. The first kappa shape index (κ1) is 12.6. The SMILES string of the molecule is NC(=O)[C@@H]1CCCN1C(=O)[C@H](N)Cc1cnc[nH]1. The molecule has 2 rings (SSSR count). The van der Waals surface area contributed by atoms with E-state index in [1.807, 2.05) is 0 Å². The van der Waals surface area contributed by atoms with Gasteiger partial charge in [-0.25, -0.2) is 4.98 Å². The third-order valence-electron chi connectivity index (χ3n) is 3.18. The average molecular weight is 251 g/mol. The summed E-state index contributed by atoms with van der Waals surface area (Å²) in [6, 6.07) is -1.18. The normalized spacial score (nSPS) is 20.9. The molecule has 0 bridgehead atoms. The van der Waals surface area contributed by atoms with E-state index in [2.05, 4.69) is 9.97 Å². The molecule has 2 heterocycles. The lowest BCUT2D eigenvalue weighted by Crippen LogP contribution is -2.50. The molecule has 1 fully saturated rings. The summed E-state index contributed by atoms with van der Waals surface area (Å²) < 4.78 is 0. The third-order valence-corrected chi connectivity index (χ3v) is 3.18. The molecule has 1 aliphatic rings. The smallest absolute Gasteiger partial charge is 0.240 e. The number of amides is 2. The molecule has 0 aromatic carbocycles. The van der Waals surface area contributed by atoms with Crippen molar-refractivity contribution in [3.63, 3.8) is 0 Å². The van der Waals surface area contributed by atoms with Gasteiger partial charge in [-0.15, -0.1) is 0 Å². The van der Waals surface area contributed by atoms with E-state index in [0.29, 0.717) is 19.4 Å². The average Bonchev–Trinajstić information content (AvgIpc) is 2.97. The zero-order valence-corrected chi connectivity index (χ0v) is 10.0. The number of nitrogens with one attached hydrogen (secondary N) is 1. The fourth-order valence-corrected chi connectivity index (χ4v) is 2.26. The lowest BCUT2D eigenvalue weighted by atomic mass is 10.1. The zero-order chi connectivity index (χ0) is 13.1. The summed E-state index contributed by atoms with van der Waals surface area (Å²) >= 11 is 0. The number of rotatable bonds is 4. The Labute approximate surface area is 105 Å². The lowest BCUT2D eigenvalue weighted by Gasteiger charge is -2.25. The van der Waals surface area contributed by atoms with Crippen LogP contribution in [0.5, 0.6) is 0 Å². The van der Waals surface area contributed by atoms with E-state index in [9.17, 15) is 9.59 Å². The van der Waals surface area contributed by atoms with E-state index < -0.39 is 18.0 Å². The molecule has 18 heavy (non-hydrogen) atoms. The first-order valence-corrected chi connectivity index (χ1v) is 5.92. The standard InChI is InChI=1S/C11H17N5O2/c12-8(4-7-5-14-6-15-7)11(18)16-3-1-2-9(16)10(13)17/h5-6,8-9H,1-4,12H2,(H2,13,17)(H,14,15)/t8-,9+/m1/s1. The minimum Gasteiger partial charge on any atom is -0.368 e. The molecule has 7 heteroatoms. The van der Waals surface area contributed by atoms with Crippen molar-refractivity contribution < 1.29 is 9.59 Å². The monoisotopic (exact) mass is 251 g/mol. The van der Waals surface area contributed by atoms with Crippen LogP contribution in [-0.4, -0.2) is 45.3 Å². The molecule has 1 aromatic rings. The Hall–Kier alpha value is -1.89. The Balaban J connectivity index is 1.99. The number of primary amides is 1. The minimum absolute atomic E-state index is 0.231. The van der Waals surface area contributed by atoms with Crippen molar-refractivity contribution in [3.05, 3.63) is 18.2 Å². The molecule has 1 saturated heterocycles. The molecule has 0 spiro atoms. The third kappa shape index (κ3) is 2.51. The molecule has 98 valence electrons. The number of H-pyrrole nitrogens is 1. The summed E-state index contributed by atoms with van der Waals surface area (Å²) in [6.07, 6.45) is 4.95. The Bertz CT molecular complexity index is 431. The number of aromatic amines is 1. The highest BCUT2D eigenvalue weighted by Gasteiger charge is 2.34. The van der Waals surface area contributed by atoms with E-state index >= 15 is 0 Å². The van der Waals surface area contributed by atoms with Gasteiger partial charge in [0.2, 0.25) is 11.8 Å². The maximum absolute atomic E-state index is 12.1. The van der Waals surface area contributed by atoms with Crippen molar-refractivity contribution in [2.24, 2.45) is 11.5 Å². The van der Waals surface area contributed by atoms with Crippen LogP contribution < -0.4 is 11.5 Å². The summed E-state index contributed by atoms with van der Waals surface area (Å²) in [5.74, 6) is -0.694. The molecule has 2 atom stereocenters. The summed E-state index contributed by atoms with van der Waals surface area (Å²) in [6.45, 7) is 0.545. The van der Waals surface area contributed by atoms with Gasteiger partial charge in [0.25, 0.3) is 0 Å². The van der Waals surface area contributed by atoms with Gasteiger partial charge in [0, 0.05) is 24.9 Å². The van der Waals surface area contributed by atoms with Crippen LogP contribution in [0.2, 0.25) is 0 Å². The van der Waals surface area contributed by atoms with Gasteiger partial charge in [-0.1, -0.05) is 0 Å². The van der Waals surface area contributed by atoms with Crippen LogP contribution >= 0.6 is 0 Å². The summed E-state index contributed by atoms with van der Waals surface area (Å²) in [7, 11) is 0. The van der Waals surface area contributed by atoms with Crippen LogP contribution in [0.1, 0.15) is 18.5 Å². The molecule has 1 aromatic heterocycles. The predicted octanol–water partition coefficient (Wildman–Crippen LogP) is -1.24. The van der Waals surface area contributed by atoms with Gasteiger partial charge >= 0.3 is 0 Å². The fraction of sp³-hybridized carbons (Fsp3) is 0.545. The van der Waals surface area contributed by atoms with Gasteiger partial charge in [0.15, 0.2) is 0 Å². The summed E-state index contributed by atoms with van der Waals surface area (Å²) in [4.78, 5) is 31.6. The largest absolute Gasteiger partial charge is 0.368 e. The number of aromatic nitrogens is 2. The van der Waals surface area contributed by atoms with Crippen molar-refractivity contribution in [1.29, 1.82) is 0 Å². The molecule has 0 aliphatic carbocycles. The molecular formula is C11H17N5O2. The van der Waals surface area contributed by atoms with Crippen molar-refractivity contribution >= 4 is 11.8 Å². The fourth-order valence-electron chi connectivity index (χ4n) is 2.26. The van der Waals surface area contributed by atoms with Gasteiger partial charge in [-0.3, -0.25) is 9.59 Å². The molecule has 0 radical (unpaired) electrons. The molecular weight excluding hydrogens is 234 g/mol. The minimum atomic E-state index is -0.676. The maximum Gasteiger partial charge on any atom is 0.240 e. The van der Waals surface area contributed by atoms with Crippen molar-refractivity contribution in [2.75, 3.05) is 6.54 Å². The molecule has 5 N–H and O–H groups in total. The maximum atomic E-state index is 12.1. The Morgan fingerprint density at radius 2 is 2.39 bits per heavy atom. The number of hydrogen-bond donors (Lipinski definition) is 3. The van der Waals surface area contributed by atoms with Crippen molar-refractivity contribution in [3.8, 4) is 0 Å². The first-order chi connectivity index (χ1) is 8.59. The van der Waals surface area contributed by atoms with E-state index in [1.54, 1.807) is 6.20 Å². The first-order valence-electron chi connectivity index (χ1n) is 5.92. The number of carbonyl (C=O) groups is 2. The number of likely N-dealkylation sites (tertiary alicyclic amines) is 1. The van der Waals surface area contributed by atoms with Crippen molar-refractivity contribution in [2.45, 2.75) is 31.3 Å². The van der Waals surface area contributed by atoms with Crippen LogP contribution in [-0.2, 0) is 16.0 Å². The second-order valence-electron chi connectivity index (χ2n) is 4.48. The van der Waals surface area contributed by atoms with Crippen LogP contribution in [0.4, 0.5) is 0 Å². The Kier molecular flexibility index (Phi) is 3.61. The highest BCUT2D eigenvalue weighted by molar-refractivity contribution is 5.89. The van der Waals surface area contributed by atoms with Crippen LogP contribution in [0.15, 0.2) is 12.5 Å².